The largest absolute Gasteiger partial charge is 0.461 e. The van der Waals surface area contributed by atoms with Gasteiger partial charge in [-0.25, -0.2) is 0 Å². The number of amides is 1. The molecule has 5 heteroatoms. The molecule has 2 fully saturated rings. The zero-order valence-corrected chi connectivity index (χ0v) is 16.7. The number of hydrogen-bond acceptors (Lipinski definition) is 4. The monoisotopic (exact) mass is 372 g/mol. The van der Waals surface area contributed by atoms with Gasteiger partial charge in [0.1, 0.15) is 6.10 Å². The van der Waals surface area contributed by atoms with E-state index in [2.05, 4.69) is 29.2 Å². The normalized spacial score (nSPS) is 21.7. The Labute approximate surface area is 162 Å². The summed E-state index contributed by atoms with van der Waals surface area (Å²) < 4.78 is 5.60. The summed E-state index contributed by atoms with van der Waals surface area (Å²) in [5, 5.41) is 0. The highest BCUT2D eigenvalue weighted by molar-refractivity contribution is 5.80. The molecule has 2 heterocycles. The highest BCUT2D eigenvalue weighted by Gasteiger charge is 2.50. The number of nitrogens with zero attached hydrogens (tertiary/aromatic N) is 2. The zero-order valence-electron chi connectivity index (χ0n) is 16.7. The van der Waals surface area contributed by atoms with Crippen LogP contribution in [0.4, 0.5) is 0 Å². The minimum absolute atomic E-state index is 0.00672. The minimum atomic E-state index is -0.356. The fourth-order valence-electron chi connectivity index (χ4n) is 4.35. The van der Waals surface area contributed by atoms with E-state index in [1.54, 1.807) is 0 Å². The van der Waals surface area contributed by atoms with E-state index in [9.17, 15) is 9.59 Å². The SMILES string of the molecule is CN(C)CC1CC2(CCN(C(=O)CCCCc3ccccc3)CC2)C(=O)O1. The third-order valence-electron chi connectivity index (χ3n) is 5.92. The first kappa shape index (κ1) is 19.9. The third-order valence-corrected chi connectivity index (χ3v) is 5.92. The number of aryl methyl sites for hydroxylation is 1. The molecular weight excluding hydrogens is 340 g/mol. The van der Waals surface area contributed by atoms with Crippen LogP contribution in [0.3, 0.4) is 0 Å². The average Bonchev–Trinajstić information content (AvgIpc) is 2.94. The molecule has 1 aromatic rings. The van der Waals surface area contributed by atoms with Crippen LogP contribution in [0.25, 0.3) is 0 Å². The molecule has 148 valence electrons. The van der Waals surface area contributed by atoms with Gasteiger partial charge in [0, 0.05) is 32.5 Å². The molecule has 3 rings (SSSR count). The van der Waals surface area contributed by atoms with Gasteiger partial charge in [-0.15, -0.1) is 0 Å². The number of cyclic esters (lactones) is 1. The van der Waals surface area contributed by atoms with Gasteiger partial charge in [0.05, 0.1) is 5.41 Å². The number of likely N-dealkylation sites (N-methyl/N-ethyl adjacent to an activating group) is 1. The average molecular weight is 373 g/mol. The Bertz CT molecular complexity index is 636. The highest BCUT2D eigenvalue weighted by Crippen LogP contribution is 2.43. The number of hydrogen-bond donors (Lipinski definition) is 0. The van der Waals surface area contributed by atoms with Crippen molar-refractivity contribution in [2.24, 2.45) is 5.41 Å². The molecule has 0 aromatic heterocycles. The van der Waals surface area contributed by atoms with Gasteiger partial charge in [-0.1, -0.05) is 30.3 Å². The molecule has 27 heavy (non-hydrogen) atoms. The van der Waals surface area contributed by atoms with E-state index >= 15 is 0 Å². The molecule has 1 atom stereocenters. The standard InChI is InChI=1S/C22H32N2O3/c1-23(2)17-19-16-22(21(26)27-19)12-14-24(15-13-22)20(25)11-7-6-10-18-8-4-3-5-9-18/h3-5,8-9,19H,6-7,10-17H2,1-2H3. The second kappa shape index (κ2) is 8.87. The fourth-order valence-corrected chi connectivity index (χ4v) is 4.35. The van der Waals surface area contributed by atoms with Gasteiger partial charge in [0.25, 0.3) is 0 Å². The topological polar surface area (TPSA) is 49.9 Å². The van der Waals surface area contributed by atoms with Crippen LogP contribution in [0.5, 0.6) is 0 Å². The molecule has 0 bridgehead atoms. The number of likely N-dealkylation sites (tertiary alicyclic amines) is 1. The Morgan fingerprint density at radius 3 is 2.56 bits per heavy atom. The minimum Gasteiger partial charge on any atom is -0.461 e. The van der Waals surface area contributed by atoms with Crippen molar-refractivity contribution in [1.82, 2.24) is 9.80 Å². The number of carbonyl (C=O) groups is 2. The van der Waals surface area contributed by atoms with E-state index in [-0.39, 0.29) is 23.4 Å². The Morgan fingerprint density at radius 1 is 1.19 bits per heavy atom. The number of benzene rings is 1. The first-order valence-corrected chi connectivity index (χ1v) is 10.2. The van der Waals surface area contributed by atoms with Crippen LogP contribution in [0.1, 0.15) is 44.1 Å². The van der Waals surface area contributed by atoms with Gasteiger partial charge in [-0.3, -0.25) is 9.59 Å². The smallest absolute Gasteiger partial charge is 0.312 e. The summed E-state index contributed by atoms with van der Waals surface area (Å²) >= 11 is 0. The van der Waals surface area contributed by atoms with Crippen LogP contribution in [0.15, 0.2) is 30.3 Å². The first-order chi connectivity index (χ1) is 13.0. The van der Waals surface area contributed by atoms with Crippen LogP contribution >= 0.6 is 0 Å². The number of piperidine rings is 1. The number of rotatable bonds is 7. The van der Waals surface area contributed by atoms with Crippen molar-refractivity contribution in [3.8, 4) is 0 Å². The van der Waals surface area contributed by atoms with Crippen LogP contribution in [0, 0.1) is 5.41 Å². The number of unbranched alkanes of at least 4 members (excludes halogenated alkanes) is 1. The van der Waals surface area contributed by atoms with Gasteiger partial charge in [0.2, 0.25) is 5.91 Å². The molecule has 1 spiro atoms. The summed E-state index contributed by atoms with van der Waals surface area (Å²) in [6.07, 6.45) is 5.85. The van der Waals surface area contributed by atoms with E-state index in [4.69, 9.17) is 4.74 Å². The lowest BCUT2D eigenvalue weighted by atomic mass is 9.76. The van der Waals surface area contributed by atoms with E-state index in [1.165, 1.54) is 5.56 Å². The second-order valence-corrected chi connectivity index (χ2v) is 8.35. The maximum Gasteiger partial charge on any atom is 0.312 e. The van der Waals surface area contributed by atoms with Crippen molar-refractivity contribution in [3.63, 3.8) is 0 Å². The molecule has 2 saturated heterocycles. The van der Waals surface area contributed by atoms with Gasteiger partial charge >= 0.3 is 5.97 Å². The molecule has 0 radical (unpaired) electrons. The number of ether oxygens (including phenoxy) is 1. The Kier molecular flexibility index (Phi) is 6.53. The molecule has 0 aliphatic carbocycles. The lowest BCUT2D eigenvalue weighted by molar-refractivity contribution is -0.152. The quantitative estimate of drug-likeness (QED) is 0.545. The predicted octanol–water partition coefficient (Wildman–Crippen LogP) is 2.89. The van der Waals surface area contributed by atoms with E-state index < -0.39 is 0 Å². The lowest BCUT2D eigenvalue weighted by Crippen LogP contribution is -2.45. The van der Waals surface area contributed by atoms with Crippen molar-refractivity contribution in [1.29, 1.82) is 0 Å². The molecule has 1 unspecified atom stereocenters. The van der Waals surface area contributed by atoms with Crippen LogP contribution < -0.4 is 0 Å². The predicted molar refractivity (Wildman–Crippen MR) is 105 cm³/mol. The van der Waals surface area contributed by atoms with Crippen molar-refractivity contribution in [2.45, 2.75) is 51.0 Å². The Morgan fingerprint density at radius 2 is 1.89 bits per heavy atom. The summed E-state index contributed by atoms with van der Waals surface area (Å²) in [4.78, 5) is 28.9. The van der Waals surface area contributed by atoms with E-state index in [0.29, 0.717) is 19.5 Å². The number of esters is 1. The Balaban J connectivity index is 1.39. The van der Waals surface area contributed by atoms with Crippen LogP contribution in [-0.4, -0.2) is 61.5 Å². The van der Waals surface area contributed by atoms with Gasteiger partial charge in [-0.2, -0.15) is 0 Å². The molecular formula is C22H32N2O3. The van der Waals surface area contributed by atoms with Crippen molar-refractivity contribution < 1.29 is 14.3 Å². The van der Waals surface area contributed by atoms with Crippen LogP contribution in [0.2, 0.25) is 0 Å². The molecule has 0 N–H and O–H groups in total. The highest BCUT2D eigenvalue weighted by atomic mass is 16.6. The van der Waals surface area contributed by atoms with Crippen molar-refractivity contribution in [3.05, 3.63) is 35.9 Å². The summed E-state index contributed by atoms with van der Waals surface area (Å²) in [5.41, 5.74) is 0.974. The second-order valence-electron chi connectivity index (χ2n) is 8.35. The van der Waals surface area contributed by atoms with Gasteiger partial charge in [-0.05, 0) is 51.8 Å². The summed E-state index contributed by atoms with van der Waals surface area (Å²) in [7, 11) is 4.00. The van der Waals surface area contributed by atoms with Crippen molar-refractivity contribution in [2.75, 3.05) is 33.7 Å². The fraction of sp³-hybridized carbons (Fsp3) is 0.636. The molecule has 1 aromatic carbocycles. The molecule has 5 nitrogen and oxygen atoms in total. The first-order valence-electron chi connectivity index (χ1n) is 10.2. The molecule has 2 aliphatic rings. The Hall–Kier alpha value is -1.88. The van der Waals surface area contributed by atoms with Crippen LogP contribution in [-0.2, 0) is 20.7 Å². The van der Waals surface area contributed by atoms with Gasteiger partial charge < -0.3 is 14.5 Å². The molecule has 1 amide bonds. The maximum atomic E-state index is 12.5. The van der Waals surface area contributed by atoms with Crippen molar-refractivity contribution >= 4 is 11.9 Å². The van der Waals surface area contributed by atoms with Gasteiger partial charge in [0.15, 0.2) is 0 Å². The maximum absolute atomic E-state index is 12.5. The third kappa shape index (κ3) is 5.10. The zero-order chi connectivity index (χ0) is 19.3. The number of carbonyl (C=O) groups excluding carboxylic acids is 2. The summed E-state index contributed by atoms with van der Waals surface area (Å²) in [6.45, 7) is 2.14. The van der Waals surface area contributed by atoms with E-state index in [1.807, 2.05) is 25.1 Å². The summed E-state index contributed by atoms with van der Waals surface area (Å²) in [5.74, 6) is 0.179. The lowest BCUT2D eigenvalue weighted by Gasteiger charge is -2.36. The summed E-state index contributed by atoms with van der Waals surface area (Å²) in [6, 6.07) is 10.4. The molecule has 0 saturated carbocycles. The van der Waals surface area contributed by atoms with E-state index in [0.717, 1.165) is 45.1 Å². The molecule has 2 aliphatic heterocycles.